The van der Waals surface area contributed by atoms with Crippen LogP contribution in [0.15, 0.2) is 24.3 Å². The number of rotatable bonds is 6. The molecule has 0 amide bonds. The molecule has 4 heteroatoms. The molecule has 1 aliphatic rings. The molecule has 1 saturated heterocycles. The Labute approximate surface area is 119 Å². The second-order valence-electron chi connectivity index (χ2n) is 5.15. The van der Waals surface area contributed by atoms with Gasteiger partial charge in [-0.25, -0.2) is 0 Å². The topological polar surface area (TPSA) is 40.5 Å². The number of carbonyl (C=O) groups excluding carboxylic acids is 1. The van der Waals surface area contributed by atoms with Crippen LogP contribution in [0.25, 0.3) is 0 Å². The number of benzene rings is 1. The highest BCUT2D eigenvalue weighted by Crippen LogP contribution is 2.19. The molecule has 0 spiro atoms. The molecule has 1 N–H and O–H groups in total. The molecule has 0 aliphatic carbocycles. The van der Waals surface area contributed by atoms with Gasteiger partial charge in [0.25, 0.3) is 0 Å². The van der Waals surface area contributed by atoms with Crippen LogP contribution in [0.1, 0.15) is 29.6 Å². The van der Waals surface area contributed by atoms with E-state index in [0.29, 0.717) is 17.4 Å². The zero-order valence-corrected chi connectivity index (χ0v) is 11.8. The molecule has 0 radical (unpaired) electrons. The highest BCUT2D eigenvalue weighted by atomic mass is 35.5. The summed E-state index contributed by atoms with van der Waals surface area (Å²) in [6.07, 6.45) is 2.56. The van der Waals surface area contributed by atoms with Crippen LogP contribution in [0.5, 0.6) is 0 Å². The third kappa shape index (κ3) is 4.30. The Bertz CT molecular complexity index is 419. The molecule has 0 aromatic heterocycles. The standard InChI is InChI=1S/C15H20ClNO2/c16-14-3-1-13(2-4-14)15(19)6-9-17-8-5-12(11-17)7-10-18/h1-4,12,18H,5-11H2. The molecule has 1 atom stereocenters. The lowest BCUT2D eigenvalue weighted by atomic mass is 10.1. The van der Waals surface area contributed by atoms with Gasteiger partial charge in [0, 0.05) is 36.7 Å². The lowest BCUT2D eigenvalue weighted by Crippen LogP contribution is -2.24. The van der Waals surface area contributed by atoms with Gasteiger partial charge >= 0.3 is 0 Å². The normalized spacial score (nSPS) is 19.8. The van der Waals surface area contributed by atoms with Crippen LogP contribution in [0.2, 0.25) is 5.02 Å². The van der Waals surface area contributed by atoms with Crippen LogP contribution < -0.4 is 0 Å². The lowest BCUT2D eigenvalue weighted by Gasteiger charge is -2.15. The van der Waals surface area contributed by atoms with Crippen LogP contribution in [-0.2, 0) is 0 Å². The van der Waals surface area contributed by atoms with Gasteiger partial charge in [-0.05, 0) is 49.6 Å². The fourth-order valence-electron chi connectivity index (χ4n) is 2.57. The van der Waals surface area contributed by atoms with Crippen LogP contribution >= 0.6 is 11.6 Å². The van der Waals surface area contributed by atoms with Crippen molar-refractivity contribution in [2.24, 2.45) is 5.92 Å². The fraction of sp³-hybridized carbons (Fsp3) is 0.533. The Balaban J connectivity index is 1.76. The smallest absolute Gasteiger partial charge is 0.164 e. The zero-order chi connectivity index (χ0) is 13.7. The van der Waals surface area contributed by atoms with Gasteiger partial charge in [0.1, 0.15) is 0 Å². The van der Waals surface area contributed by atoms with Crippen molar-refractivity contribution in [3.63, 3.8) is 0 Å². The number of halogens is 1. The molecule has 1 fully saturated rings. The number of likely N-dealkylation sites (tertiary alicyclic amines) is 1. The second-order valence-corrected chi connectivity index (χ2v) is 5.58. The average Bonchev–Trinajstić information content (AvgIpc) is 2.85. The molecule has 2 rings (SSSR count). The number of aliphatic hydroxyl groups is 1. The van der Waals surface area contributed by atoms with Gasteiger partial charge in [-0.3, -0.25) is 4.79 Å². The number of hydrogen-bond acceptors (Lipinski definition) is 3. The number of ketones is 1. The summed E-state index contributed by atoms with van der Waals surface area (Å²) in [5.74, 6) is 0.762. The first-order chi connectivity index (χ1) is 9.19. The van der Waals surface area contributed by atoms with Crippen molar-refractivity contribution >= 4 is 17.4 Å². The molecule has 1 heterocycles. The number of hydrogen-bond donors (Lipinski definition) is 1. The van der Waals surface area contributed by atoms with Crippen LogP contribution in [0.4, 0.5) is 0 Å². The molecule has 104 valence electrons. The Hall–Kier alpha value is -0.900. The van der Waals surface area contributed by atoms with E-state index in [2.05, 4.69) is 4.90 Å². The molecule has 0 bridgehead atoms. The highest BCUT2D eigenvalue weighted by molar-refractivity contribution is 6.30. The molecule has 1 unspecified atom stereocenters. The molecule has 0 saturated carbocycles. The van der Waals surface area contributed by atoms with E-state index in [1.165, 1.54) is 0 Å². The minimum Gasteiger partial charge on any atom is -0.396 e. The summed E-state index contributed by atoms with van der Waals surface area (Å²) in [7, 11) is 0. The number of Topliss-reactive ketones (excluding diaryl/α,β-unsaturated/α-hetero) is 1. The number of nitrogens with zero attached hydrogens (tertiary/aromatic N) is 1. The summed E-state index contributed by atoms with van der Waals surface area (Å²) < 4.78 is 0. The van der Waals surface area contributed by atoms with Gasteiger partial charge in [0.05, 0.1) is 0 Å². The predicted molar refractivity (Wildman–Crippen MR) is 76.6 cm³/mol. The summed E-state index contributed by atoms with van der Waals surface area (Å²) in [4.78, 5) is 14.3. The number of aliphatic hydroxyl groups excluding tert-OH is 1. The van der Waals surface area contributed by atoms with E-state index in [0.717, 1.165) is 38.0 Å². The van der Waals surface area contributed by atoms with E-state index < -0.39 is 0 Å². The lowest BCUT2D eigenvalue weighted by molar-refractivity contribution is 0.0968. The maximum absolute atomic E-state index is 12.0. The largest absolute Gasteiger partial charge is 0.396 e. The molecule has 1 aliphatic heterocycles. The van der Waals surface area contributed by atoms with Gasteiger partial charge in [-0.2, -0.15) is 0 Å². The predicted octanol–water partition coefficient (Wildman–Crippen LogP) is 2.62. The third-order valence-electron chi connectivity index (χ3n) is 3.73. The van der Waals surface area contributed by atoms with Gasteiger partial charge in [-0.15, -0.1) is 0 Å². The van der Waals surface area contributed by atoms with Crippen molar-refractivity contribution in [3.8, 4) is 0 Å². The van der Waals surface area contributed by atoms with Crippen molar-refractivity contribution in [1.82, 2.24) is 4.90 Å². The highest BCUT2D eigenvalue weighted by Gasteiger charge is 2.22. The quantitative estimate of drug-likeness (QED) is 0.815. The maximum atomic E-state index is 12.0. The zero-order valence-electron chi connectivity index (χ0n) is 11.0. The SMILES string of the molecule is O=C(CCN1CCC(CCO)C1)c1ccc(Cl)cc1. The first-order valence-electron chi connectivity index (χ1n) is 6.81. The molecule has 1 aromatic carbocycles. The summed E-state index contributed by atoms with van der Waals surface area (Å²) in [6, 6.07) is 7.07. The maximum Gasteiger partial charge on any atom is 0.164 e. The second kappa shape index (κ2) is 7.04. The molecule has 19 heavy (non-hydrogen) atoms. The van der Waals surface area contributed by atoms with E-state index in [4.69, 9.17) is 16.7 Å². The fourth-order valence-corrected chi connectivity index (χ4v) is 2.70. The van der Waals surface area contributed by atoms with E-state index in [1.807, 2.05) is 0 Å². The van der Waals surface area contributed by atoms with E-state index in [9.17, 15) is 4.79 Å². The van der Waals surface area contributed by atoms with Crippen molar-refractivity contribution in [2.75, 3.05) is 26.2 Å². The van der Waals surface area contributed by atoms with Crippen LogP contribution in [0.3, 0.4) is 0 Å². The van der Waals surface area contributed by atoms with Gasteiger partial charge in [0.15, 0.2) is 5.78 Å². The first-order valence-corrected chi connectivity index (χ1v) is 7.19. The molecule has 3 nitrogen and oxygen atoms in total. The summed E-state index contributed by atoms with van der Waals surface area (Å²) in [5.41, 5.74) is 0.732. The molecule has 1 aromatic rings. The third-order valence-corrected chi connectivity index (χ3v) is 3.98. The van der Waals surface area contributed by atoms with Gasteiger partial charge in [-0.1, -0.05) is 11.6 Å². The Morgan fingerprint density at radius 1 is 1.37 bits per heavy atom. The van der Waals surface area contributed by atoms with Crippen molar-refractivity contribution in [1.29, 1.82) is 0 Å². The van der Waals surface area contributed by atoms with E-state index in [-0.39, 0.29) is 12.4 Å². The van der Waals surface area contributed by atoms with E-state index >= 15 is 0 Å². The Kier molecular flexibility index (Phi) is 5.37. The van der Waals surface area contributed by atoms with Gasteiger partial charge in [0.2, 0.25) is 0 Å². The summed E-state index contributed by atoms with van der Waals surface area (Å²) >= 11 is 5.80. The molecular formula is C15H20ClNO2. The van der Waals surface area contributed by atoms with Crippen molar-refractivity contribution < 1.29 is 9.90 Å². The van der Waals surface area contributed by atoms with Crippen LogP contribution in [0, 0.1) is 5.92 Å². The van der Waals surface area contributed by atoms with Crippen LogP contribution in [-0.4, -0.2) is 42.0 Å². The minimum atomic E-state index is 0.169. The van der Waals surface area contributed by atoms with Gasteiger partial charge < -0.3 is 10.0 Å². The summed E-state index contributed by atoms with van der Waals surface area (Å²) in [5, 5.41) is 9.57. The number of carbonyl (C=O) groups is 1. The Morgan fingerprint density at radius 3 is 2.79 bits per heavy atom. The monoisotopic (exact) mass is 281 g/mol. The molecular weight excluding hydrogens is 262 g/mol. The first kappa shape index (κ1) is 14.5. The summed E-state index contributed by atoms with van der Waals surface area (Å²) in [6.45, 7) is 3.12. The van der Waals surface area contributed by atoms with Crippen molar-refractivity contribution in [3.05, 3.63) is 34.9 Å². The van der Waals surface area contributed by atoms with Crippen molar-refractivity contribution in [2.45, 2.75) is 19.3 Å². The minimum absolute atomic E-state index is 0.169. The Morgan fingerprint density at radius 2 is 2.11 bits per heavy atom. The van der Waals surface area contributed by atoms with E-state index in [1.54, 1.807) is 24.3 Å². The average molecular weight is 282 g/mol.